The highest BCUT2D eigenvalue weighted by Crippen LogP contribution is 2.46. The van der Waals surface area contributed by atoms with Gasteiger partial charge in [-0.1, -0.05) is 0 Å². The zero-order chi connectivity index (χ0) is 13.2. The highest BCUT2D eigenvalue weighted by molar-refractivity contribution is 8.00. The van der Waals surface area contributed by atoms with E-state index in [1.165, 1.54) is 12.8 Å². The van der Waals surface area contributed by atoms with E-state index in [0.717, 1.165) is 35.7 Å². The Labute approximate surface area is 114 Å². The van der Waals surface area contributed by atoms with Crippen LogP contribution in [0.1, 0.15) is 29.7 Å². The lowest BCUT2D eigenvalue weighted by molar-refractivity contribution is 0.406. The largest absolute Gasteiger partial charge is 0.496 e. The van der Waals surface area contributed by atoms with Gasteiger partial charge >= 0.3 is 0 Å². The Hall–Kier alpha value is -0.740. The third kappa shape index (κ3) is 2.81. The maximum atomic E-state index is 5.43. The van der Waals surface area contributed by atoms with E-state index in [-0.39, 0.29) is 0 Å². The molecular weight excluding hydrogens is 244 g/mol. The SMILES string of the molecule is COc1c(C)cnc(CNCC2(SC)CC2)c1C. The van der Waals surface area contributed by atoms with Gasteiger partial charge in [0.25, 0.3) is 0 Å². The van der Waals surface area contributed by atoms with Crippen molar-refractivity contribution in [3.8, 4) is 5.75 Å². The molecule has 100 valence electrons. The topological polar surface area (TPSA) is 34.1 Å². The van der Waals surface area contributed by atoms with Crippen molar-refractivity contribution in [3.63, 3.8) is 0 Å². The quantitative estimate of drug-likeness (QED) is 0.858. The van der Waals surface area contributed by atoms with Crippen LogP contribution >= 0.6 is 11.8 Å². The van der Waals surface area contributed by atoms with E-state index in [9.17, 15) is 0 Å². The minimum Gasteiger partial charge on any atom is -0.496 e. The smallest absolute Gasteiger partial charge is 0.128 e. The number of pyridine rings is 1. The molecule has 1 fully saturated rings. The first-order valence-corrected chi connectivity index (χ1v) is 7.59. The van der Waals surface area contributed by atoms with E-state index in [1.807, 2.05) is 24.9 Å². The van der Waals surface area contributed by atoms with Crippen molar-refractivity contribution in [2.75, 3.05) is 19.9 Å². The minimum atomic E-state index is 0.503. The van der Waals surface area contributed by atoms with Crippen LogP contribution in [-0.4, -0.2) is 29.6 Å². The van der Waals surface area contributed by atoms with Gasteiger partial charge in [0, 0.05) is 35.2 Å². The summed E-state index contributed by atoms with van der Waals surface area (Å²) in [6.45, 7) is 6.01. The van der Waals surface area contributed by atoms with Crippen LogP contribution in [0.5, 0.6) is 5.75 Å². The summed E-state index contributed by atoms with van der Waals surface area (Å²) in [5.74, 6) is 0.966. The highest BCUT2D eigenvalue weighted by atomic mass is 32.2. The lowest BCUT2D eigenvalue weighted by atomic mass is 10.1. The molecule has 0 radical (unpaired) electrons. The molecular formula is C14H22N2OS. The van der Waals surface area contributed by atoms with Gasteiger partial charge in [0.2, 0.25) is 0 Å². The van der Waals surface area contributed by atoms with Gasteiger partial charge in [-0.2, -0.15) is 11.8 Å². The fraction of sp³-hybridized carbons (Fsp3) is 0.643. The lowest BCUT2D eigenvalue weighted by Crippen LogP contribution is -2.26. The first kappa shape index (κ1) is 13.7. The zero-order valence-corrected chi connectivity index (χ0v) is 12.5. The van der Waals surface area contributed by atoms with Gasteiger partial charge in [0.05, 0.1) is 12.8 Å². The van der Waals surface area contributed by atoms with Crippen molar-refractivity contribution < 1.29 is 4.74 Å². The maximum Gasteiger partial charge on any atom is 0.128 e. The molecule has 0 saturated heterocycles. The summed E-state index contributed by atoms with van der Waals surface area (Å²) in [4.78, 5) is 4.50. The molecule has 0 spiro atoms. The van der Waals surface area contributed by atoms with Gasteiger partial charge in [-0.15, -0.1) is 0 Å². The van der Waals surface area contributed by atoms with Crippen LogP contribution in [0.3, 0.4) is 0 Å². The van der Waals surface area contributed by atoms with Crippen LogP contribution in [0, 0.1) is 13.8 Å². The van der Waals surface area contributed by atoms with E-state index >= 15 is 0 Å². The molecule has 1 heterocycles. The van der Waals surface area contributed by atoms with Gasteiger partial charge in [0.15, 0.2) is 0 Å². The van der Waals surface area contributed by atoms with Crippen molar-refractivity contribution >= 4 is 11.8 Å². The number of hydrogen-bond acceptors (Lipinski definition) is 4. The molecule has 0 aromatic carbocycles. The summed E-state index contributed by atoms with van der Waals surface area (Å²) >= 11 is 1.98. The molecule has 0 aliphatic heterocycles. The normalized spacial score (nSPS) is 16.7. The Morgan fingerprint density at radius 2 is 2.17 bits per heavy atom. The van der Waals surface area contributed by atoms with E-state index in [2.05, 4.69) is 23.5 Å². The number of rotatable bonds is 6. The zero-order valence-electron chi connectivity index (χ0n) is 11.7. The molecule has 1 saturated carbocycles. The van der Waals surface area contributed by atoms with Gasteiger partial charge < -0.3 is 10.1 Å². The number of ether oxygens (including phenoxy) is 1. The van der Waals surface area contributed by atoms with Crippen molar-refractivity contribution in [2.24, 2.45) is 0 Å². The second-order valence-corrected chi connectivity index (χ2v) is 6.31. The molecule has 0 bridgehead atoms. The molecule has 1 aliphatic rings. The monoisotopic (exact) mass is 266 g/mol. The van der Waals surface area contributed by atoms with Crippen molar-refractivity contribution in [1.82, 2.24) is 10.3 Å². The number of methoxy groups -OCH3 is 1. The average molecular weight is 266 g/mol. The standard InChI is InChI=1S/C14H22N2OS/c1-10-7-16-12(11(2)13(10)17-3)8-15-9-14(18-4)5-6-14/h7,15H,5-6,8-9H2,1-4H3. The fourth-order valence-electron chi connectivity index (χ4n) is 2.25. The number of aryl methyl sites for hydroxylation is 1. The molecule has 0 amide bonds. The minimum absolute atomic E-state index is 0.503. The number of aromatic nitrogens is 1. The molecule has 1 aromatic rings. The van der Waals surface area contributed by atoms with Gasteiger partial charge in [-0.25, -0.2) is 0 Å². The highest BCUT2D eigenvalue weighted by Gasteiger charge is 2.41. The van der Waals surface area contributed by atoms with Crippen LogP contribution in [0.2, 0.25) is 0 Å². The first-order chi connectivity index (χ1) is 8.62. The predicted octanol–water partition coefficient (Wildman–Crippen LogP) is 2.69. The second kappa shape index (κ2) is 5.49. The third-order valence-corrected chi connectivity index (χ3v) is 5.15. The van der Waals surface area contributed by atoms with Crippen LogP contribution in [0.4, 0.5) is 0 Å². The summed E-state index contributed by atoms with van der Waals surface area (Å²) in [6.07, 6.45) is 6.77. The van der Waals surface area contributed by atoms with Crippen LogP contribution < -0.4 is 10.1 Å². The fourth-order valence-corrected chi connectivity index (χ4v) is 3.01. The summed E-state index contributed by atoms with van der Waals surface area (Å²) < 4.78 is 5.93. The Morgan fingerprint density at radius 3 is 2.72 bits per heavy atom. The molecule has 1 aliphatic carbocycles. The second-order valence-electron chi connectivity index (χ2n) is 5.04. The summed E-state index contributed by atoms with van der Waals surface area (Å²) in [6, 6.07) is 0. The van der Waals surface area contributed by atoms with Gasteiger partial charge in [-0.3, -0.25) is 4.98 Å². The average Bonchev–Trinajstić information content (AvgIpc) is 3.13. The van der Waals surface area contributed by atoms with E-state index in [1.54, 1.807) is 7.11 Å². The lowest BCUT2D eigenvalue weighted by Gasteiger charge is -2.15. The Balaban J connectivity index is 1.97. The van der Waals surface area contributed by atoms with Crippen LogP contribution in [0.25, 0.3) is 0 Å². The maximum absolute atomic E-state index is 5.43. The molecule has 0 atom stereocenters. The summed E-state index contributed by atoms with van der Waals surface area (Å²) in [5, 5.41) is 3.53. The number of nitrogens with one attached hydrogen (secondary N) is 1. The molecule has 3 nitrogen and oxygen atoms in total. The number of hydrogen-bond donors (Lipinski definition) is 1. The van der Waals surface area contributed by atoms with E-state index in [4.69, 9.17) is 4.74 Å². The molecule has 1 aromatic heterocycles. The molecule has 0 unspecified atom stereocenters. The van der Waals surface area contributed by atoms with E-state index in [0.29, 0.717) is 4.75 Å². The third-order valence-electron chi connectivity index (χ3n) is 3.73. The Bertz CT molecular complexity index is 430. The predicted molar refractivity (Wildman–Crippen MR) is 77.4 cm³/mol. The van der Waals surface area contributed by atoms with Gasteiger partial charge in [0.1, 0.15) is 5.75 Å². The Kier molecular flexibility index (Phi) is 4.17. The van der Waals surface area contributed by atoms with Crippen molar-refractivity contribution in [1.29, 1.82) is 0 Å². The van der Waals surface area contributed by atoms with Crippen LogP contribution in [0.15, 0.2) is 6.20 Å². The molecule has 1 N–H and O–H groups in total. The molecule has 18 heavy (non-hydrogen) atoms. The van der Waals surface area contributed by atoms with Gasteiger partial charge in [-0.05, 0) is 32.9 Å². The van der Waals surface area contributed by atoms with Crippen LogP contribution in [-0.2, 0) is 6.54 Å². The summed E-state index contributed by atoms with van der Waals surface area (Å²) in [7, 11) is 1.72. The molecule has 2 rings (SSSR count). The first-order valence-electron chi connectivity index (χ1n) is 6.37. The summed E-state index contributed by atoms with van der Waals surface area (Å²) in [5.41, 5.74) is 3.34. The van der Waals surface area contributed by atoms with E-state index < -0.39 is 0 Å². The Morgan fingerprint density at radius 1 is 1.44 bits per heavy atom. The van der Waals surface area contributed by atoms with Crippen molar-refractivity contribution in [3.05, 3.63) is 23.0 Å². The molecule has 4 heteroatoms. The van der Waals surface area contributed by atoms with Crippen molar-refractivity contribution in [2.45, 2.75) is 38.0 Å². The number of nitrogens with zero attached hydrogens (tertiary/aromatic N) is 1. The number of thioether (sulfide) groups is 1.